The minimum absolute atomic E-state index is 0.0254. The second kappa shape index (κ2) is 14.5. The Labute approximate surface area is 269 Å². The summed E-state index contributed by atoms with van der Waals surface area (Å²) in [5, 5.41) is 0. The Morgan fingerprint density at radius 1 is 0.978 bits per heavy atom. The fourth-order valence-corrected chi connectivity index (χ4v) is 6.30. The smallest absolute Gasteiger partial charge is 0.338 e. The van der Waals surface area contributed by atoms with E-state index < -0.39 is 12.0 Å². The van der Waals surface area contributed by atoms with Gasteiger partial charge in [0, 0.05) is 11.1 Å². The molecule has 5 rings (SSSR count). The molecule has 0 fully saturated rings. The Morgan fingerprint density at radius 3 is 2.43 bits per heavy atom. The van der Waals surface area contributed by atoms with E-state index in [0.717, 1.165) is 6.42 Å². The number of benzene rings is 3. The summed E-state index contributed by atoms with van der Waals surface area (Å²) >= 11 is 1.22. The van der Waals surface area contributed by atoms with E-state index in [1.807, 2.05) is 6.92 Å². The molecule has 0 amide bonds. The predicted octanol–water partition coefficient (Wildman–Crippen LogP) is 5.32. The second-order valence-corrected chi connectivity index (χ2v) is 11.3. The third-order valence-corrected chi connectivity index (χ3v) is 8.43. The quantitative estimate of drug-likeness (QED) is 0.192. The number of esters is 1. The molecule has 240 valence electrons. The third kappa shape index (κ3) is 6.55. The lowest BCUT2D eigenvalue weighted by Crippen LogP contribution is -2.40. The van der Waals surface area contributed by atoms with Crippen molar-refractivity contribution in [3.8, 4) is 23.0 Å². The number of carbonyl (C=O) groups excluding carboxylic acids is 1. The highest BCUT2D eigenvalue weighted by molar-refractivity contribution is 7.07. The van der Waals surface area contributed by atoms with Gasteiger partial charge in [-0.2, -0.15) is 0 Å². The van der Waals surface area contributed by atoms with Gasteiger partial charge in [-0.3, -0.25) is 9.36 Å². The van der Waals surface area contributed by atoms with Gasteiger partial charge in [-0.05, 0) is 61.4 Å². The molecule has 9 nitrogen and oxygen atoms in total. The molecular weight excluding hydrogens is 611 g/mol. The Hall–Kier alpha value is -4.90. The van der Waals surface area contributed by atoms with E-state index in [-0.39, 0.29) is 30.2 Å². The molecule has 2 heterocycles. The van der Waals surface area contributed by atoms with Crippen molar-refractivity contribution in [1.82, 2.24) is 4.57 Å². The highest BCUT2D eigenvalue weighted by Crippen LogP contribution is 2.39. The number of thiazole rings is 1. The van der Waals surface area contributed by atoms with Gasteiger partial charge in [-0.25, -0.2) is 14.2 Å². The molecule has 3 aromatic carbocycles. The Morgan fingerprint density at radius 2 is 1.74 bits per heavy atom. The summed E-state index contributed by atoms with van der Waals surface area (Å²) in [5.74, 6) is 0.973. The van der Waals surface area contributed by atoms with Gasteiger partial charge in [0.2, 0.25) is 0 Å². The Kier molecular flexibility index (Phi) is 10.2. The van der Waals surface area contributed by atoms with Gasteiger partial charge in [0.1, 0.15) is 30.0 Å². The molecule has 46 heavy (non-hydrogen) atoms. The fourth-order valence-electron chi connectivity index (χ4n) is 5.28. The van der Waals surface area contributed by atoms with E-state index in [1.54, 1.807) is 74.7 Å². The van der Waals surface area contributed by atoms with E-state index >= 15 is 0 Å². The van der Waals surface area contributed by atoms with Crippen molar-refractivity contribution >= 4 is 23.4 Å². The normalized spacial score (nSPS) is 14.4. The van der Waals surface area contributed by atoms with E-state index in [0.29, 0.717) is 61.1 Å². The van der Waals surface area contributed by atoms with Crippen LogP contribution in [-0.4, -0.2) is 38.5 Å². The molecule has 0 saturated heterocycles. The first-order valence-corrected chi connectivity index (χ1v) is 15.6. The van der Waals surface area contributed by atoms with E-state index in [2.05, 4.69) is 0 Å². The Balaban J connectivity index is 1.63. The van der Waals surface area contributed by atoms with Gasteiger partial charge in [0.05, 0.1) is 43.7 Å². The number of ether oxygens (including phenoxy) is 5. The SMILES string of the molecule is CCCC1=C(C(=O)OCC)C(c2cc(OC)ccc2OC)n2c(s/c(=C\c3ccc(OCc4ccccc4F)c(OC)c3)c2=O)=N1. The average Bonchev–Trinajstić information content (AvgIpc) is 3.37. The second-order valence-electron chi connectivity index (χ2n) is 10.3. The molecule has 0 aliphatic carbocycles. The van der Waals surface area contributed by atoms with E-state index in [1.165, 1.54) is 36.2 Å². The third-order valence-electron chi connectivity index (χ3n) is 7.45. The number of nitrogens with zero attached hydrogens (tertiary/aromatic N) is 2. The van der Waals surface area contributed by atoms with Crippen LogP contribution in [0.3, 0.4) is 0 Å². The maximum atomic E-state index is 14.2. The summed E-state index contributed by atoms with van der Waals surface area (Å²) < 4.78 is 44.1. The first-order valence-electron chi connectivity index (χ1n) is 14.8. The summed E-state index contributed by atoms with van der Waals surface area (Å²) in [6.07, 6.45) is 2.97. The predicted molar refractivity (Wildman–Crippen MR) is 173 cm³/mol. The molecule has 11 heteroatoms. The molecular formula is C35H35FN2O7S. The van der Waals surface area contributed by atoms with Crippen LogP contribution in [0.5, 0.6) is 23.0 Å². The lowest BCUT2D eigenvalue weighted by Gasteiger charge is -2.27. The van der Waals surface area contributed by atoms with Gasteiger partial charge < -0.3 is 23.7 Å². The molecule has 0 spiro atoms. The molecule has 0 saturated carbocycles. The highest BCUT2D eigenvalue weighted by atomic mass is 32.1. The number of rotatable bonds is 12. The summed E-state index contributed by atoms with van der Waals surface area (Å²) in [5.41, 5.74) is 2.17. The van der Waals surface area contributed by atoms with Crippen LogP contribution in [-0.2, 0) is 16.1 Å². The number of hydrogen-bond donors (Lipinski definition) is 0. The van der Waals surface area contributed by atoms with Crippen LogP contribution in [0.2, 0.25) is 0 Å². The van der Waals surface area contributed by atoms with Crippen LogP contribution in [0.1, 0.15) is 49.4 Å². The average molecular weight is 647 g/mol. The maximum Gasteiger partial charge on any atom is 0.338 e. The number of carbonyl (C=O) groups is 1. The van der Waals surface area contributed by atoms with E-state index in [9.17, 15) is 14.0 Å². The maximum absolute atomic E-state index is 14.2. The molecule has 1 aromatic heterocycles. The molecule has 1 aliphatic heterocycles. The number of fused-ring (bicyclic) bond motifs is 1. The number of halogens is 1. The number of methoxy groups -OCH3 is 3. The van der Waals surface area contributed by atoms with Crippen LogP contribution in [0.25, 0.3) is 6.08 Å². The van der Waals surface area contributed by atoms with Crippen LogP contribution < -0.4 is 33.8 Å². The van der Waals surface area contributed by atoms with Gasteiger partial charge in [0.25, 0.3) is 5.56 Å². The van der Waals surface area contributed by atoms with Crippen molar-refractivity contribution in [2.45, 2.75) is 39.3 Å². The summed E-state index contributed by atoms with van der Waals surface area (Å²) in [6, 6.07) is 16.0. The standard InChI is InChI=1S/C35H35FN2O7S/c1-6-10-26-31(34(40)44-7-2)32(24-19-23(41-3)14-16-27(24)42-4)38-33(39)30(46-35(38)37-26)18-21-13-15-28(29(17-21)43-5)45-20-22-11-8-9-12-25(22)36/h8-9,11-19,32H,6-7,10,20H2,1-5H3/b30-18-. The van der Waals surface area contributed by atoms with E-state index in [4.69, 9.17) is 28.7 Å². The zero-order chi connectivity index (χ0) is 32.8. The van der Waals surface area contributed by atoms with Crippen LogP contribution >= 0.6 is 11.3 Å². The largest absolute Gasteiger partial charge is 0.497 e. The van der Waals surface area contributed by atoms with Gasteiger partial charge in [-0.15, -0.1) is 0 Å². The first-order chi connectivity index (χ1) is 22.3. The number of hydrogen-bond acceptors (Lipinski definition) is 9. The van der Waals surface area contributed by atoms with Gasteiger partial charge in [0.15, 0.2) is 16.3 Å². The molecule has 0 radical (unpaired) electrons. The molecule has 1 atom stereocenters. The summed E-state index contributed by atoms with van der Waals surface area (Å²) in [4.78, 5) is 33.0. The fraction of sp³-hybridized carbons (Fsp3) is 0.286. The molecule has 1 unspecified atom stereocenters. The highest BCUT2D eigenvalue weighted by Gasteiger charge is 2.36. The number of allylic oxidation sites excluding steroid dienone is 1. The van der Waals surface area contributed by atoms with Crippen LogP contribution in [0.4, 0.5) is 4.39 Å². The number of aromatic nitrogens is 1. The van der Waals surface area contributed by atoms with Crippen molar-refractivity contribution in [2.75, 3.05) is 27.9 Å². The van der Waals surface area contributed by atoms with Crippen molar-refractivity contribution in [3.63, 3.8) is 0 Å². The van der Waals surface area contributed by atoms with Crippen molar-refractivity contribution in [2.24, 2.45) is 4.99 Å². The topological polar surface area (TPSA) is 97.6 Å². The molecule has 1 aliphatic rings. The lowest BCUT2D eigenvalue weighted by atomic mass is 9.93. The molecule has 0 bridgehead atoms. The van der Waals surface area contributed by atoms with Gasteiger partial charge >= 0.3 is 5.97 Å². The first kappa shape index (κ1) is 32.5. The van der Waals surface area contributed by atoms with Crippen molar-refractivity contribution in [1.29, 1.82) is 0 Å². The summed E-state index contributed by atoms with van der Waals surface area (Å²) in [6.45, 7) is 3.92. The summed E-state index contributed by atoms with van der Waals surface area (Å²) in [7, 11) is 4.59. The van der Waals surface area contributed by atoms with Gasteiger partial charge in [-0.1, -0.05) is 48.9 Å². The molecule has 4 aromatic rings. The van der Waals surface area contributed by atoms with Crippen molar-refractivity contribution in [3.05, 3.63) is 114 Å². The zero-order valence-corrected chi connectivity index (χ0v) is 27.1. The minimum atomic E-state index is -0.868. The lowest BCUT2D eigenvalue weighted by molar-refractivity contribution is -0.139. The monoisotopic (exact) mass is 646 g/mol. The Bertz CT molecular complexity index is 1960. The van der Waals surface area contributed by atoms with Crippen molar-refractivity contribution < 1.29 is 32.9 Å². The van der Waals surface area contributed by atoms with Crippen LogP contribution in [0.15, 0.2) is 81.7 Å². The minimum Gasteiger partial charge on any atom is -0.497 e. The molecule has 0 N–H and O–H groups in total. The zero-order valence-electron chi connectivity index (χ0n) is 26.3. The van der Waals surface area contributed by atoms with Crippen LogP contribution in [0, 0.1) is 5.82 Å².